The molecule has 0 saturated heterocycles. The van der Waals surface area contributed by atoms with Crippen molar-refractivity contribution in [1.82, 2.24) is 15.8 Å². The molecule has 0 aliphatic rings. The Kier molecular flexibility index (Phi) is 8.26. The van der Waals surface area contributed by atoms with Crippen molar-refractivity contribution in [2.45, 2.75) is 25.3 Å². The number of benzene rings is 2. The fraction of sp³-hybridized carbons (Fsp3) is 0.174. The number of aryl methyl sites for hydroxylation is 2. The number of ether oxygens (including phenoxy) is 1. The molecule has 0 atom stereocenters. The van der Waals surface area contributed by atoms with E-state index in [0.29, 0.717) is 12.4 Å². The highest BCUT2D eigenvalue weighted by Crippen LogP contribution is 2.21. The van der Waals surface area contributed by atoms with Crippen LogP contribution in [0.2, 0.25) is 0 Å². The van der Waals surface area contributed by atoms with Crippen LogP contribution in [0, 0.1) is 13.8 Å². The number of thioether (sulfide) groups is 1. The Bertz CT molecular complexity index is 1060. The van der Waals surface area contributed by atoms with Gasteiger partial charge in [0.2, 0.25) is 5.91 Å². The second kappa shape index (κ2) is 11.3. The van der Waals surface area contributed by atoms with Crippen LogP contribution >= 0.6 is 23.1 Å². The Morgan fingerprint density at radius 3 is 2.61 bits per heavy atom. The number of aromatic nitrogens is 1. The standard InChI is InChI=1S/C23H23N3O3S2/c1-16-7-10-20(11-8-16)31-15-23(28)26-25-22(27)12-9-18-5-3-4-6-21(18)29-13-19-14-30-17(2)24-19/h3-12,14H,13,15H2,1-2H3,(H,25,27)(H,26,28)/b12-9+. The quantitative estimate of drug-likeness (QED) is 0.302. The Hall–Kier alpha value is -3.10. The Morgan fingerprint density at radius 1 is 1.10 bits per heavy atom. The maximum absolute atomic E-state index is 12.1. The van der Waals surface area contributed by atoms with E-state index in [4.69, 9.17) is 4.74 Å². The number of carbonyl (C=O) groups is 2. The summed E-state index contributed by atoms with van der Waals surface area (Å²) in [6.07, 6.45) is 2.99. The largest absolute Gasteiger partial charge is 0.487 e. The van der Waals surface area contributed by atoms with Crippen molar-refractivity contribution in [1.29, 1.82) is 0 Å². The number of carbonyl (C=O) groups excluding carboxylic acids is 2. The Morgan fingerprint density at radius 2 is 1.87 bits per heavy atom. The predicted octanol–water partition coefficient (Wildman–Crippen LogP) is 4.29. The van der Waals surface area contributed by atoms with E-state index >= 15 is 0 Å². The van der Waals surface area contributed by atoms with Gasteiger partial charge in [0.05, 0.1) is 16.5 Å². The Labute approximate surface area is 189 Å². The van der Waals surface area contributed by atoms with Crippen molar-refractivity contribution in [2.24, 2.45) is 0 Å². The first-order valence-corrected chi connectivity index (χ1v) is 11.5. The molecule has 6 nitrogen and oxygen atoms in total. The van der Waals surface area contributed by atoms with Gasteiger partial charge in [0.1, 0.15) is 12.4 Å². The van der Waals surface area contributed by atoms with Gasteiger partial charge in [-0.3, -0.25) is 20.4 Å². The zero-order valence-corrected chi connectivity index (χ0v) is 18.9. The molecule has 0 fully saturated rings. The molecule has 1 heterocycles. The SMILES string of the molecule is Cc1ccc(SCC(=O)NNC(=O)/C=C/c2ccccc2OCc2csc(C)n2)cc1. The van der Waals surface area contributed by atoms with Gasteiger partial charge in [-0.1, -0.05) is 35.9 Å². The molecule has 0 spiro atoms. The monoisotopic (exact) mass is 453 g/mol. The molecule has 31 heavy (non-hydrogen) atoms. The molecule has 160 valence electrons. The van der Waals surface area contributed by atoms with E-state index in [1.807, 2.05) is 67.8 Å². The van der Waals surface area contributed by atoms with Crippen LogP contribution in [0.15, 0.2) is 64.9 Å². The summed E-state index contributed by atoms with van der Waals surface area (Å²) in [7, 11) is 0. The number of hydrogen-bond acceptors (Lipinski definition) is 6. The van der Waals surface area contributed by atoms with Gasteiger partial charge in [-0.2, -0.15) is 0 Å². The number of hydrogen-bond donors (Lipinski definition) is 2. The van der Waals surface area contributed by atoms with E-state index in [9.17, 15) is 9.59 Å². The topological polar surface area (TPSA) is 80.3 Å². The Balaban J connectivity index is 1.46. The van der Waals surface area contributed by atoms with Crippen LogP contribution in [-0.2, 0) is 16.2 Å². The molecule has 1 aromatic heterocycles. The maximum atomic E-state index is 12.1. The molecule has 0 aliphatic heterocycles. The van der Waals surface area contributed by atoms with Gasteiger partial charge in [-0.05, 0) is 38.1 Å². The minimum Gasteiger partial charge on any atom is -0.487 e. The molecule has 0 radical (unpaired) electrons. The van der Waals surface area contributed by atoms with E-state index in [0.717, 1.165) is 26.7 Å². The normalized spacial score (nSPS) is 10.8. The number of hydrazine groups is 1. The molecule has 0 saturated carbocycles. The summed E-state index contributed by atoms with van der Waals surface area (Å²) in [4.78, 5) is 29.4. The molecular weight excluding hydrogens is 430 g/mol. The fourth-order valence-electron chi connectivity index (χ4n) is 2.53. The van der Waals surface area contributed by atoms with Gasteiger partial charge in [0.25, 0.3) is 5.91 Å². The summed E-state index contributed by atoms with van der Waals surface area (Å²) in [6.45, 7) is 4.32. The summed E-state index contributed by atoms with van der Waals surface area (Å²) >= 11 is 2.98. The van der Waals surface area contributed by atoms with Gasteiger partial charge in [-0.25, -0.2) is 4.98 Å². The first-order chi connectivity index (χ1) is 15.0. The number of nitrogens with zero attached hydrogens (tertiary/aromatic N) is 1. The molecule has 2 N–H and O–H groups in total. The molecule has 3 rings (SSSR count). The predicted molar refractivity (Wildman–Crippen MR) is 125 cm³/mol. The van der Waals surface area contributed by atoms with E-state index in [-0.39, 0.29) is 11.7 Å². The zero-order chi connectivity index (χ0) is 22.1. The van der Waals surface area contributed by atoms with Crippen molar-refractivity contribution in [3.63, 3.8) is 0 Å². The van der Waals surface area contributed by atoms with Gasteiger partial charge >= 0.3 is 0 Å². The van der Waals surface area contributed by atoms with Gasteiger partial charge < -0.3 is 4.74 Å². The van der Waals surface area contributed by atoms with Crippen molar-refractivity contribution in [3.8, 4) is 5.75 Å². The molecule has 0 aliphatic carbocycles. The average Bonchev–Trinajstić information content (AvgIpc) is 3.20. The highest BCUT2D eigenvalue weighted by atomic mass is 32.2. The van der Waals surface area contributed by atoms with Crippen LogP contribution in [0.1, 0.15) is 21.8 Å². The second-order valence-electron chi connectivity index (χ2n) is 6.66. The smallest absolute Gasteiger partial charge is 0.262 e. The molecular formula is C23H23N3O3S2. The van der Waals surface area contributed by atoms with Crippen molar-refractivity contribution in [3.05, 3.63) is 81.8 Å². The number of rotatable bonds is 8. The van der Waals surface area contributed by atoms with Crippen LogP contribution in [0.5, 0.6) is 5.75 Å². The van der Waals surface area contributed by atoms with Crippen molar-refractivity contribution < 1.29 is 14.3 Å². The third-order valence-corrected chi connectivity index (χ3v) is 5.93. The first-order valence-electron chi connectivity index (χ1n) is 9.59. The second-order valence-corrected chi connectivity index (χ2v) is 8.77. The van der Waals surface area contributed by atoms with Crippen LogP contribution < -0.4 is 15.6 Å². The molecule has 0 unspecified atom stereocenters. The van der Waals surface area contributed by atoms with Gasteiger partial charge in [0.15, 0.2) is 0 Å². The van der Waals surface area contributed by atoms with Crippen LogP contribution in [-0.4, -0.2) is 22.6 Å². The first kappa shape index (κ1) is 22.6. The van der Waals surface area contributed by atoms with Crippen molar-refractivity contribution >= 4 is 41.0 Å². The minimum atomic E-state index is -0.432. The van der Waals surface area contributed by atoms with E-state index in [1.54, 1.807) is 17.4 Å². The molecule has 0 bridgehead atoms. The molecule has 3 aromatic rings. The van der Waals surface area contributed by atoms with Crippen LogP contribution in [0.4, 0.5) is 0 Å². The summed E-state index contributed by atoms with van der Waals surface area (Å²) in [5, 5.41) is 2.95. The highest BCUT2D eigenvalue weighted by molar-refractivity contribution is 8.00. The van der Waals surface area contributed by atoms with Crippen LogP contribution in [0.25, 0.3) is 6.08 Å². The highest BCUT2D eigenvalue weighted by Gasteiger charge is 2.06. The van der Waals surface area contributed by atoms with Gasteiger partial charge in [-0.15, -0.1) is 23.1 Å². The van der Waals surface area contributed by atoms with Crippen molar-refractivity contribution in [2.75, 3.05) is 5.75 Å². The molecule has 2 amide bonds. The van der Waals surface area contributed by atoms with E-state index in [1.165, 1.54) is 17.8 Å². The molecule has 2 aromatic carbocycles. The summed E-state index contributed by atoms with van der Waals surface area (Å²) in [5.41, 5.74) is 7.59. The molecule has 8 heteroatoms. The van der Waals surface area contributed by atoms with E-state index < -0.39 is 5.91 Å². The zero-order valence-electron chi connectivity index (χ0n) is 17.3. The summed E-state index contributed by atoms with van der Waals surface area (Å²) in [6, 6.07) is 15.3. The third-order valence-electron chi connectivity index (χ3n) is 4.09. The number of thiazole rings is 1. The fourth-order valence-corrected chi connectivity index (χ4v) is 3.83. The lowest BCUT2D eigenvalue weighted by molar-refractivity contribution is -0.125. The summed E-state index contributed by atoms with van der Waals surface area (Å²) in [5.74, 6) is 0.142. The number of amides is 2. The third kappa shape index (κ3) is 7.58. The minimum absolute atomic E-state index is 0.208. The lowest BCUT2D eigenvalue weighted by atomic mass is 10.2. The summed E-state index contributed by atoms with van der Waals surface area (Å²) < 4.78 is 5.84. The lowest BCUT2D eigenvalue weighted by Gasteiger charge is -2.08. The lowest BCUT2D eigenvalue weighted by Crippen LogP contribution is -2.41. The van der Waals surface area contributed by atoms with Gasteiger partial charge in [0, 0.05) is 21.9 Å². The average molecular weight is 454 g/mol. The maximum Gasteiger partial charge on any atom is 0.262 e. The number of para-hydroxylation sites is 1. The van der Waals surface area contributed by atoms with E-state index in [2.05, 4.69) is 15.8 Å². The number of nitrogens with one attached hydrogen (secondary N) is 2. The van der Waals surface area contributed by atoms with Crippen LogP contribution in [0.3, 0.4) is 0 Å².